The van der Waals surface area contributed by atoms with Crippen molar-refractivity contribution in [2.45, 2.75) is 32.6 Å². The van der Waals surface area contributed by atoms with Crippen LogP contribution in [0.2, 0.25) is 0 Å². The Hall–Kier alpha value is -1.45. The molecule has 0 saturated heterocycles. The van der Waals surface area contributed by atoms with Crippen molar-refractivity contribution in [2.75, 3.05) is 24.7 Å². The van der Waals surface area contributed by atoms with Crippen LogP contribution in [0, 0.1) is 0 Å². The largest absolute Gasteiger partial charge is 0.479 e. The van der Waals surface area contributed by atoms with Gasteiger partial charge in [-0.25, -0.2) is 0 Å². The van der Waals surface area contributed by atoms with Crippen LogP contribution in [0.25, 0.3) is 0 Å². The standard InChI is InChI=1S/C12H21N3O/c1-3-4-5-6-9-14-11-8-7-10(13)12(15-11)16-2/h7-8H,3-6,9,13H2,1-2H3,(H,14,15). The first kappa shape index (κ1) is 12.6. The third-order valence-corrected chi connectivity index (χ3v) is 2.42. The van der Waals surface area contributed by atoms with Gasteiger partial charge in [-0.1, -0.05) is 26.2 Å². The van der Waals surface area contributed by atoms with Crippen LogP contribution in [-0.4, -0.2) is 18.6 Å². The molecule has 0 amide bonds. The van der Waals surface area contributed by atoms with E-state index in [9.17, 15) is 0 Å². The maximum atomic E-state index is 5.68. The zero-order chi connectivity index (χ0) is 11.8. The van der Waals surface area contributed by atoms with E-state index in [0.717, 1.165) is 12.4 Å². The molecular weight excluding hydrogens is 202 g/mol. The molecule has 0 aliphatic heterocycles. The van der Waals surface area contributed by atoms with E-state index in [2.05, 4.69) is 17.2 Å². The number of ether oxygens (including phenoxy) is 1. The van der Waals surface area contributed by atoms with Crippen LogP contribution < -0.4 is 15.8 Å². The summed E-state index contributed by atoms with van der Waals surface area (Å²) in [4.78, 5) is 4.25. The minimum Gasteiger partial charge on any atom is -0.479 e. The SMILES string of the molecule is CCCCCCNc1ccc(N)c(OC)n1. The van der Waals surface area contributed by atoms with E-state index in [4.69, 9.17) is 10.5 Å². The quantitative estimate of drug-likeness (QED) is 0.698. The van der Waals surface area contributed by atoms with Crippen LogP contribution in [0.3, 0.4) is 0 Å². The Morgan fingerprint density at radius 3 is 2.81 bits per heavy atom. The molecule has 0 saturated carbocycles. The van der Waals surface area contributed by atoms with E-state index in [1.54, 1.807) is 13.2 Å². The molecule has 3 N–H and O–H groups in total. The molecule has 1 rings (SSSR count). The Morgan fingerprint density at radius 1 is 1.31 bits per heavy atom. The molecule has 4 heteroatoms. The molecule has 1 aromatic heterocycles. The smallest absolute Gasteiger partial charge is 0.238 e. The predicted octanol–water partition coefficient (Wildman–Crippen LogP) is 2.66. The lowest BCUT2D eigenvalue weighted by Gasteiger charge is -2.08. The monoisotopic (exact) mass is 223 g/mol. The minimum atomic E-state index is 0.485. The number of rotatable bonds is 7. The van der Waals surface area contributed by atoms with Gasteiger partial charge in [0.15, 0.2) is 0 Å². The van der Waals surface area contributed by atoms with Gasteiger partial charge in [0.2, 0.25) is 5.88 Å². The first-order chi connectivity index (χ1) is 7.77. The van der Waals surface area contributed by atoms with Gasteiger partial charge in [-0.05, 0) is 18.6 Å². The summed E-state index contributed by atoms with van der Waals surface area (Å²) in [7, 11) is 1.57. The van der Waals surface area contributed by atoms with E-state index in [-0.39, 0.29) is 0 Å². The molecule has 0 aliphatic carbocycles. The van der Waals surface area contributed by atoms with E-state index < -0.39 is 0 Å². The first-order valence-corrected chi connectivity index (χ1v) is 5.82. The summed E-state index contributed by atoms with van der Waals surface area (Å²) in [5.41, 5.74) is 6.25. The Labute approximate surface area is 97.2 Å². The lowest BCUT2D eigenvalue weighted by molar-refractivity contribution is 0.401. The normalized spacial score (nSPS) is 10.1. The highest BCUT2D eigenvalue weighted by atomic mass is 16.5. The van der Waals surface area contributed by atoms with Crippen LogP contribution in [-0.2, 0) is 0 Å². The van der Waals surface area contributed by atoms with E-state index in [1.807, 2.05) is 6.07 Å². The van der Waals surface area contributed by atoms with Gasteiger partial charge >= 0.3 is 0 Å². The molecule has 1 heterocycles. The summed E-state index contributed by atoms with van der Waals surface area (Å²) in [6.07, 6.45) is 4.98. The second kappa shape index (κ2) is 6.93. The van der Waals surface area contributed by atoms with Crippen molar-refractivity contribution in [3.8, 4) is 5.88 Å². The number of hydrogen-bond donors (Lipinski definition) is 2. The predicted molar refractivity (Wildman–Crippen MR) is 67.8 cm³/mol. The number of nitrogens with zero attached hydrogens (tertiary/aromatic N) is 1. The molecule has 16 heavy (non-hydrogen) atoms. The third-order valence-electron chi connectivity index (χ3n) is 2.42. The molecule has 0 bridgehead atoms. The summed E-state index contributed by atoms with van der Waals surface area (Å²) in [5, 5.41) is 3.26. The van der Waals surface area contributed by atoms with Crippen molar-refractivity contribution in [1.82, 2.24) is 4.98 Å². The van der Waals surface area contributed by atoms with E-state index in [0.29, 0.717) is 11.6 Å². The minimum absolute atomic E-state index is 0.485. The molecule has 0 radical (unpaired) electrons. The van der Waals surface area contributed by atoms with Crippen LogP contribution in [0.4, 0.5) is 11.5 Å². The Kier molecular flexibility index (Phi) is 5.46. The van der Waals surface area contributed by atoms with Crippen LogP contribution in [0.1, 0.15) is 32.6 Å². The average Bonchev–Trinajstić information content (AvgIpc) is 2.31. The molecule has 0 atom stereocenters. The molecule has 0 aliphatic rings. The molecular formula is C12H21N3O. The molecule has 1 aromatic rings. The molecule has 0 unspecified atom stereocenters. The van der Waals surface area contributed by atoms with E-state index in [1.165, 1.54) is 25.7 Å². The van der Waals surface area contributed by atoms with Gasteiger partial charge in [0.25, 0.3) is 0 Å². The number of unbranched alkanes of at least 4 members (excludes halogenated alkanes) is 3. The van der Waals surface area contributed by atoms with Crippen molar-refractivity contribution in [3.63, 3.8) is 0 Å². The molecule has 0 fully saturated rings. The second-order valence-electron chi connectivity index (χ2n) is 3.78. The number of nitrogens with two attached hydrogens (primary N) is 1. The number of hydrogen-bond acceptors (Lipinski definition) is 4. The van der Waals surface area contributed by atoms with Crippen LogP contribution in [0.5, 0.6) is 5.88 Å². The van der Waals surface area contributed by atoms with Gasteiger partial charge in [-0.3, -0.25) is 0 Å². The van der Waals surface area contributed by atoms with Gasteiger partial charge in [0.05, 0.1) is 12.8 Å². The van der Waals surface area contributed by atoms with Gasteiger partial charge in [0, 0.05) is 6.54 Å². The topological polar surface area (TPSA) is 60.2 Å². The lowest BCUT2D eigenvalue weighted by atomic mass is 10.2. The molecule has 0 aromatic carbocycles. The fraction of sp³-hybridized carbons (Fsp3) is 0.583. The Morgan fingerprint density at radius 2 is 2.12 bits per heavy atom. The van der Waals surface area contributed by atoms with Crippen molar-refractivity contribution >= 4 is 11.5 Å². The van der Waals surface area contributed by atoms with Gasteiger partial charge in [-0.15, -0.1) is 0 Å². The maximum absolute atomic E-state index is 5.68. The summed E-state index contributed by atoms with van der Waals surface area (Å²) in [6.45, 7) is 3.15. The zero-order valence-corrected chi connectivity index (χ0v) is 10.1. The summed E-state index contributed by atoms with van der Waals surface area (Å²) in [5.74, 6) is 1.31. The highest BCUT2D eigenvalue weighted by Crippen LogP contribution is 2.20. The first-order valence-electron chi connectivity index (χ1n) is 5.82. The van der Waals surface area contributed by atoms with Crippen molar-refractivity contribution in [1.29, 1.82) is 0 Å². The van der Waals surface area contributed by atoms with Crippen molar-refractivity contribution < 1.29 is 4.74 Å². The Balaban J connectivity index is 2.36. The van der Waals surface area contributed by atoms with Crippen molar-refractivity contribution in [3.05, 3.63) is 12.1 Å². The summed E-state index contributed by atoms with van der Waals surface area (Å²) in [6, 6.07) is 3.68. The molecule has 0 spiro atoms. The van der Waals surface area contributed by atoms with Crippen LogP contribution >= 0.6 is 0 Å². The fourth-order valence-corrected chi connectivity index (χ4v) is 1.48. The molecule has 90 valence electrons. The molecule has 4 nitrogen and oxygen atoms in total. The van der Waals surface area contributed by atoms with Crippen LogP contribution in [0.15, 0.2) is 12.1 Å². The van der Waals surface area contributed by atoms with E-state index >= 15 is 0 Å². The third kappa shape index (κ3) is 3.96. The Bertz CT molecular complexity index is 315. The number of nitrogen functional groups attached to an aromatic ring is 1. The highest BCUT2D eigenvalue weighted by molar-refractivity contribution is 5.53. The lowest BCUT2D eigenvalue weighted by Crippen LogP contribution is -2.05. The van der Waals surface area contributed by atoms with Gasteiger partial charge in [0.1, 0.15) is 5.82 Å². The van der Waals surface area contributed by atoms with Crippen molar-refractivity contribution in [2.24, 2.45) is 0 Å². The number of pyridine rings is 1. The number of aromatic nitrogens is 1. The maximum Gasteiger partial charge on any atom is 0.238 e. The second-order valence-corrected chi connectivity index (χ2v) is 3.78. The number of anilines is 2. The highest BCUT2D eigenvalue weighted by Gasteiger charge is 2.01. The zero-order valence-electron chi connectivity index (χ0n) is 10.1. The van der Waals surface area contributed by atoms with Gasteiger partial charge < -0.3 is 15.8 Å². The summed E-state index contributed by atoms with van der Waals surface area (Å²) < 4.78 is 5.05. The number of methoxy groups -OCH3 is 1. The van der Waals surface area contributed by atoms with Gasteiger partial charge in [-0.2, -0.15) is 4.98 Å². The fourth-order valence-electron chi connectivity index (χ4n) is 1.48. The summed E-state index contributed by atoms with van der Waals surface area (Å²) >= 11 is 0. The number of nitrogens with one attached hydrogen (secondary N) is 1. The average molecular weight is 223 g/mol.